The predicted octanol–water partition coefficient (Wildman–Crippen LogP) is 2.45. The van der Waals surface area contributed by atoms with Crippen LogP contribution in [0.25, 0.3) is 0 Å². The van der Waals surface area contributed by atoms with Gasteiger partial charge in [0.15, 0.2) is 0 Å². The zero-order chi connectivity index (χ0) is 9.40. The van der Waals surface area contributed by atoms with Gasteiger partial charge in [-0.15, -0.1) is 6.58 Å². The summed E-state index contributed by atoms with van der Waals surface area (Å²) < 4.78 is 5.00. The van der Waals surface area contributed by atoms with Crippen molar-refractivity contribution in [1.29, 1.82) is 0 Å². The third-order valence-electron chi connectivity index (χ3n) is 1.31. The normalized spacial score (nSPS) is 11.8. The molecule has 0 aromatic rings. The van der Waals surface area contributed by atoms with Gasteiger partial charge in [-0.05, 0) is 12.8 Å². The molecule has 0 N–H and O–H groups in total. The summed E-state index contributed by atoms with van der Waals surface area (Å²) in [5.41, 5.74) is 0. The topological polar surface area (TPSA) is 26.3 Å². The summed E-state index contributed by atoms with van der Waals surface area (Å²) in [5, 5.41) is 0.228. The second-order valence-electron chi connectivity index (χ2n) is 2.26. The van der Waals surface area contributed by atoms with Crippen molar-refractivity contribution in [2.45, 2.75) is 18.9 Å². The number of hydrogen-bond donors (Lipinski definition) is 0. The summed E-state index contributed by atoms with van der Waals surface area (Å²) in [6.07, 6.45) is 4.81. The van der Waals surface area contributed by atoms with Crippen LogP contribution in [0.4, 0.5) is 0 Å². The van der Waals surface area contributed by atoms with Crippen LogP contribution in [0.15, 0.2) is 25.3 Å². The van der Waals surface area contributed by atoms with E-state index in [1.54, 1.807) is 12.2 Å². The molecule has 0 bridgehead atoms. The number of carbonyl (C=O) groups is 1. The number of allylic oxidation sites excluding steroid dienone is 1. The zero-order valence-corrected chi connectivity index (χ0v) is 8.55. The Morgan fingerprint density at radius 3 is 2.67 bits per heavy atom. The quantitative estimate of drug-likeness (QED) is 0.400. The molecule has 1 unspecified atom stereocenters. The van der Waals surface area contributed by atoms with Crippen LogP contribution in [-0.4, -0.2) is 17.4 Å². The Morgan fingerprint density at radius 2 is 2.25 bits per heavy atom. The lowest BCUT2D eigenvalue weighted by atomic mass is 10.2. The van der Waals surface area contributed by atoms with Crippen molar-refractivity contribution in [2.75, 3.05) is 5.33 Å². The molecule has 3 heteroatoms. The fourth-order valence-electron chi connectivity index (χ4n) is 0.707. The van der Waals surface area contributed by atoms with Gasteiger partial charge in [-0.1, -0.05) is 34.7 Å². The standard InChI is InChI=1S/C9H13BrO2/c1-3-5-6-8(4-2)12-9(11)7-10/h3-4,8H,1-2,5-7H2. The van der Waals surface area contributed by atoms with Crippen LogP contribution in [0.3, 0.4) is 0 Å². The molecule has 0 saturated carbocycles. The third kappa shape index (κ3) is 5.13. The molecule has 0 radical (unpaired) electrons. The van der Waals surface area contributed by atoms with Crippen molar-refractivity contribution in [1.82, 2.24) is 0 Å². The van der Waals surface area contributed by atoms with Gasteiger partial charge in [0, 0.05) is 0 Å². The minimum absolute atomic E-state index is 0.187. The zero-order valence-electron chi connectivity index (χ0n) is 6.96. The summed E-state index contributed by atoms with van der Waals surface area (Å²) in [4.78, 5) is 10.8. The van der Waals surface area contributed by atoms with Gasteiger partial charge in [-0.25, -0.2) is 0 Å². The van der Waals surface area contributed by atoms with Crippen molar-refractivity contribution < 1.29 is 9.53 Å². The minimum atomic E-state index is -0.260. The molecule has 0 rings (SSSR count). The van der Waals surface area contributed by atoms with Gasteiger partial charge < -0.3 is 4.74 Å². The fraction of sp³-hybridized carbons (Fsp3) is 0.444. The number of halogens is 1. The Labute approximate surface area is 81.4 Å². The lowest BCUT2D eigenvalue weighted by Crippen LogP contribution is -2.16. The van der Waals surface area contributed by atoms with Gasteiger partial charge in [0.05, 0.1) is 0 Å². The molecule has 12 heavy (non-hydrogen) atoms. The molecule has 0 heterocycles. The van der Waals surface area contributed by atoms with Gasteiger partial charge in [-0.2, -0.15) is 0 Å². The second kappa shape index (κ2) is 7.10. The first-order valence-electron chi connectivity index (χ1n) is 3.73. The summed E-state index contributed by atoms with van der Waals surface area (Å²) in [6, 6.07) is 0. The number of ether oxygens (including phenoxy) is 1. The lowest BCUT2D eigenvalue weighted by Gasteiger charge is -2.11. The molecule has 0 aromatic heterocycles. The minimum Gasteiger partial charge on any atom is -0.458 e. The van der Waals surface area contributed by atoms with Crippen LogP contribution in [0.5, 0.6) is 0 Å². The molecule has 68 valence electrons. The molecule has 0 saturated heterocycles. The van der Waals surface area contributed by atoms with Crippen LogP contribution < -0.4 is 0 Å². The highest BCUT2D eigenvalue weighted by molar-refractivity contribution is 9.09. The van der Waals surface area contributed by atoms with Gasteiger partial charge in [-0.3, -0.25) is 4.79 Å². The van der Waals surface area contributed by atoms with Crippen LogP contribution in [0, 0.1) is 0 Å². The first-order chi connectivity index (χ1) is 5.74. The van der Waals surface area contributed by atoms with Crippen molar-refractivity contribution >= 4 is 21.9 Å². The molecular formula is C9H13BrO2. The van der Waals surface area contributed by atoms with E-state index in [2.05, 4.69) is 29.1 Å². The smallest absolute Gasteiger partial charge is 0.317 e. The molecule has 0 aliphatic rings. The van der Waals surface area contributed by atoms with Crippen molar-refractivity contribution in [3.63, 3.8) is 0 Å². The summed E-state index contributed by atoms with van der Waals surface area (Å²) >= 11 is 3.01. The van der Waals surface area contributed by atoms with E-state index in [-0.39, 0.29) is 17.4 Å². The average Bonchev–Trinajstić information content (AvgIpc) is 2.11. The monoisotopic (exact) mass is 232 g/mol. The van der Waals surface area contributed by atoms with E-state index in [9.17, 15) is 4.79 Å². The molecule has 0 amide bonds. The van der Waals surface area contributed by atoms with E-state index in [0.717, 1.165) is 12.8 Å². The van der Waals surface area contributed by atoms with E-state index in [0.29, 0.717) is 0 Å². The first-order valence-corrected chi connectivity index (χ1v) is 4.85. The molecule has 0 fully saturated rings. The predicted molar refractivity (Wildman–Crippen MR) is 53.3 cm³/mol. The van der Waals surface area contributed by atoms with Crippen LogP contribution in [0.2, 0.25) is 0 Å². The van der Waals surface area contributed by atoms with Gasteiger partial charge in [0.1, 0.15) is 11.4 Å². The average molecular weight is 233 g/mol. The molecule has 0 aliphatic heterocycles. The first kappa shape index (κ1) is 11.4. The second-order valence-corrected chi connectivity index (χ2v) is 2.82. The van der Waals surface area contributed by atoms with E-state index in [4.69, 9.17) is 4.74 Å². The summed E-state index contributed by atoms with van der Waals surface area (Å²) in [5.74, 6) is -0.260. The van der Waals surface area contributed by atoms with E-state index in [1.807, 2.05) is 0 Å². The Bertz CT molecular complexity index is 166. The molecule has 2 nitrogen and oxygen atoms in total. The van der Waals surface area contributed by atoms with Crippen molar-refractivity contribution in [3.05, 3.63) is 25.3 Å². The van der Waals surface area contributed by atoms with Gasteiger partial charge in [0.25, 0.3) is 0 Å². The number of esters is 1. The van der Waals surface area contributed by atoms with Gasteiger partial charge >= 0.3 is 5.97 Å². The summed E-state index contributed by atoms with van der Waals surface area (Å²) in [6.45, 7) is 7.16. The van der Waals surface area contributed by atoms with Gasteiger partial charge in [0.2, 0.25) is 0 Å². The number of rotatable bonds is 6. The number of alkyl halides is 1. The Kier molecular flexibility index (Phi) is 6.76. The SMILES string of the molecule is C=CCCC(C=C)OC(=O)CBr. The van der Waals surface area contributed by atoms with Crippen LogP contribution in [0.1, 0.15) is 12.8 Å². The number of carbonyl (C=O) groups excluding carboxylic acids is 1. The largest absolute Gasteiger partial charge is 0.458 e. The van der Waals surface area contributed by atoms with Crippen LogP contribution >= 0.6 is 15.9 Å². The fourth-order valence-corrected chi connectivity index (χ4v) is 0.840. The van der Waals surface area contributed by atoms with E-state index >= 15 is 0 Å². The number of hydrogen-bond acceptors (Lipinski definition) is 2. The Hall–Kier alpha value is -0.570. The molecule has 0 spiro atoms. The van der Waals surface area contributed by atoms with E-state index in [1.165, 1.54) is 0 Å². The third-order valence-corrected chi connectivity index (χ3v) is 1.77. The Morgan fingerprint density at radius 1 is 1.58 bits per heavy atom. The molecule has 0 aliphatic carbocycles. The van der Waals surface area contributed by atoms with Crippen LogP contribution in [-0.2, 0) is 9.53 Å². The van der Waals surface area contributed by atoms with Crippen molar-refractivity contribution in [3.8, 4) is 0 Å². The Balaban J connectivity index is 3.73. The maximum absolute atomic E-state index is 10.8. The maximum Gasteiger partial charge on any atom is 0.317 e. The lowest BCUT2D eigenvalue weighted by molar-refractivity contribution is -0.143. The molecule has 0 aromatic carbocycles. The van der Waals surface area contributed by atoms with Crippen molar-refractivity contribution in [2.24, 2.45) is 0 Å². The van der Waals surface area contributed by atoms with E-state index < -0.39 is 0 Å². The highest BCUT2D eigenvalue weighted by atomic mass is 79.9. The molecule has 1 atom stereocenters. The summed E-state index contributed by atoms with van der Waals surface area (Å²) in [7, 11) is 0. The molecular weight excluding hydrogens is 220 g/mol. The highest BCUT2D eigenvalue weighted by Crippen LogP contribution is 2.04. The highest BCUT2D eigenvalue weighted by Gasteiger charge is 2.07. The maximum atomic E-state index is 10.8.